The minimum absolute atomic E-state index is 0.385. The summed E-state index contributed by atoms with van der Waals surface area (Å²) in [7, 11) is 2.08. The standard InChI is InChI=1S/C18H27NO2/c1-18(2)9-5-4-6-14(18)17(19-3)13-7-8-15-16(12-13)21-11-10-20-15/h7-8,12,14,17,19H,4-6,9-11H2,1-3H3. The van der Waals surface area contributed by atoms with Crippen LogP contribution in [0.3, 0.4) is 0 Å². The number of rotatable bonds is 3. The third-order valence-corrected chi connectivity index (χ3v) is 5.23. The zero-order valence-corrected chi connectivity index (χ0v) is 13.4. The maximum absolute atomic E-state index is 5.75. The normalized spacial score (nSPS) is 25.4. The molecule has 0 spiro atoms. The van der Waals surface area contributed by atoms with E-state index in [9.17, 15) is 0 Å². The molecule has 2 atom stereocenters. The van der Waals surface area contributed by atoms with Gasteiger partial charge in [-0.2, -0.15) is 0 Å². The predicted molar refractivity (Wildman–Crippen MR) is 85.0 cm³/mol. The van der Waals surface area contributed by atoms with Crippen molar-refractivity contribution in [2.75, 3.05) is 20.3 Å². The lowest BCUT2D eigenvalue weighted by Crippen LogP contribution is -2.37. The molecule has 2 unspecified atom stereocenters. The van der Waals surface area contributed by atoms with Gasteiger partial charge < -0.3 is 14.8 Å². The maximum atomic E-state index is 5.75. The molecular formula is C18H27NO2. The minimum atomic E-state index is 0.385. The van der Waals surface area contributed by atoms with Gasteiger partial charge in [0.25, 0.3) is 0 Å². The van der Waals surface area contributed by atoms with Gasteiger partial charge in [-0.3, -0.25) is 0 Å². The Kier molecular flexibility index (Phi) is 4.12. The van der Waals surface area contributed by atoms with Gasteiger partial charge in [0.2, 0.25) is 0 Å². The average molecular weight is 289 g/mol. The Morgan fingerprint density at radius 3 is 2.62 bits per heavy atom. The molecule has 0 aromatic heterocycles. The molecule has 3 nitrogen and oxygen atoms in total. The summed E-state index contributed by atoms with van der Waals surface area (Å²) in [6.45, 7) is 6.13. The number of hydrogen-bond donors (Lipinski definition) is 1. The van der Waals surface area contributed by atoms with Crippen molar-refractivity contribution in [1.29, 1.82) is 0 Å². The van der Waals surface area contributed by atoms with Gasteiger partial charge in [0.05, 0.1) is 0 Å². The van der Waals surface area contributed by atoms with Gasteiger partial charge in [0, 0.05) is 6.04 Å². The largest absolute Gasteiger partial charge is 0.486 e. The highest BCUT2D eigenvalue weighted by atomic mass is 16.6. The van der Waals surface area contributed by atoms with Crippen LogP contribution in [0.15, 0.2) is 18.2 Å². The van der Waals surface area contributed by atoms with E-state index < -0.39 is 0 Å². The van der Waals surface area contributed by atoms with Crippen molar-refractivity contribution in [3.63, 3.8) is 0 Å². The third kappa shape index (κ3) is 2.89. The second-order valence-corrected chi connectivity index (χ2v) is 7.01. The van der Waals surface area contributed by atoms with Crippen LogP contribution in [0.1, 0.15) is 51.1 Å². The quantitative estimate of drug-likeness (QED) is 0.914. The van der Waals surface area contributed by atoms with Crippen LogP contribution in [-0.4, -0.2) is 20.3 Å². The highest BCUT2D eigenvalue weighted by Gasteiger charge is 2.37. The Hall–Kier alpha value is -1.22. The third-order valence-electron chi connectivity index (χ3n) is 5.23. The minimum Gasteiger partial charge on any atom is -0.486 e. The lowest BCUT2D eigenvalue weighted by Gasteiger charge is -2.43. The topological polar surface area (TPSA) is 30.5 Å². The second-order valence-electron chi connectivity index (χ2n) is 7.01. The van der Waals surface area contributed by atoms with Gasteiger partial charge in [0.1, 0.15) is 13.2 Å². The van der Waals surface area contributed by atoms with E-state index in [1.54, 1.807) is 0 Å². The highest BCUT2D eigenvalue weighted by Crippen LogP contribution is 2.47. The fourth-order valence-electron chi connectivity index (χ4n) is 3.99. The molecule has 3 heteroatoms. The molecule has 21 heavy (non-hydrogen) atoms. The van der Waals surface area contributed by atoms with E-state index in [4.69, 9.17) is 9.47 Å². The van der Waals surface area contributed by atoms with Crippen LogP contribution in [0, 0.1) is 11.3 Å². The molecular weight excluding hydrogens is 262 g/mol. The van der Waals surface area contributed by atoms with Crippen molar-refractivity contribution in [1.82, 2.24) is 5.32 Å². The molecule has 1 aromatic rings. The molecule has 0 saturated heterocycles. The predicted octanol–water partition coefficient (Wildman–Crippen LogP) is 3.93. The highest BCUT2D eigenvalue weighted by molar-refractivity contribution is 5.44. The Morgan fingerprint density at radius 1 is 1.14 bits per heavy atom. The van der Waals surface area contributed by atoms with E-state index in [0.717, 1.165) is 11.5 Å². The van der Waals surface area contributed by atoms with E-state index in [-0.39, 0.29) is 0 Å². The van der Waals surface area contributed by atoms with Gasteiger partial charge in [-0.05, 0) is 48.9 Å². The van der Waals surface area contributed by atoms with Crippen molar-refractivity contribution in [3.05, 3.63) is 23.8 Å². The molecule has 1 N–H and O–H groups in total. The van der Waals surface area contributed by atoms with Gasteiger partial charge in [-0.25, -0.2) is 0 Å². The molecule has 1 heterocycles. The van der Waals surface area contributed by atoms with Crippen LogP contribution in [0.4, 0.5) is 0 Å². The number of fused-ring (bicyclic) bond motifs is 1. The van der Waals surface area contributed by atoms with Gasteiger partial charge in [-0.15, -0.1) is 0 Å². The van der Waals surface area contributed by atoms with Crippen LogP contribution < -0.4 is 14.8 Å². The molecule has 0 radical (unpaired) electrons. The zero-order valence-electron chi connectivity index (χ0n) is 13.4. The van der Waals surface area contributed by atoms with Gasteiger partial charge in [-0.1, -0.05) is 32.8 Å². The lowest BCUT2D eigenvalue weighted by atomic mass is 9.65. The summed E-state index contributed by atoms with van der Waals surface area (Å²) in [5.41, 5.74) is 1.71. The summed E-state index contributed by atoms with van der Waals surface area (Å²) >= 11 is 0. The Morgan fingerprint density at radius 2 is 1.90 bits per heavy atom. The summed E-state index contributed by atoms with van der Waals surface area (Å²) in [4.78, 5) is 0. The number of hydrogen-bond acceptors (Lipinski definition) is 3. The van der Waals surface area contributed by atoms with Crippen LogP contribution in [0.5, 0.6) is 11.5 Å². The first-order valence-electron chi connectivity index (χ1n) is 8.18. The Bertz CT molecular complexity index is 498. The van der Waals surface area contributed by atoms with E-state index in [1.165, 1.54) is 31.2 Å². The molecule has 1 saturated carbocycles. The van der Waals surface area contributed by atoms with E-state index in [1.807, 2.05) is 0 Å². The molecule has 0 amide bonds. The van der Waals surface area contributed by atoms with Crippen molar-refractivity contribution in [3.8, 4) is 11.5 Å². The Labute approximate surface area is 128 Å². The summed E-state index contributed by atoms with van der Waals surface area (Å²) in [6, 6.07) is 6.81. The summed E-state index contributed by atoms with van der Waals surface area (Å²) < 4.78 is 11.4. The average Bonchev–Trinajstić information content (AvgIpc) is 2.49. The van der Waals surface area contributed by atoms with E-state index in [0.29, 0.717) is 30.6 Å². The molecule has 1 aliphatic carbocycles. The SMILES string of the molecule is CNC(c1ccc2c(c1)OCCO2)C1CCCCC1(C)C. The zero-order chi connectivity index (χ0) is 14.9. The summed E-state index contributed by atoms with van der Waals surface area (Å²) in [6.07, 6.45) is 5.32. The number of benzene rings is 1. The summed E-state index contributed by atoms with van der Waals surface area (Å²) in [5, 5.41) is 3.55. The smallest absolute Gasteiger partial charge is 0.161 e. The van der Waals surface area contributed by atoms with Crippen LogP contribution in [-0.2, 0) is 0 Å². The van der Waals surface area contributed by atoms with Gasteiger partial charge in [0.15, 0.2) is 11.5 Å². The molecule has 116 valence electrons. The van der Waals surface area contributed by atoms with Crippen LogP contribution >= 0.6 is 0 Å². The van der Waals surface area contributed by atoms with Crippen molar-refractivity contribution >= 4 is 0 Å². The van der Waals surface area contributed by atoms with Crippen molar-refractivity contribution < 1.29 is 9.47 Å². The van der Waals surface area contributed by atoms with E-state index in [2.05, 4.69) is 44.4 Å². The first-order chi connectivity index (χ1) is 10.1. The van der Waals surface area contributed by atoms with Crippen LogP contribution in [0.2, 0.25) is 0 Å². The number of ether oxygens (including phenoxy) is 2. The molecule has 0 bridgehead atoms. The van der Waals surface area contributed by atoms with E-state index >= 15 is 0 Å². The first kappa shape index (κ1) is 14.7. The van der Waals surface area contributed by atoms with Crippen molar-refractivity contribution in [2.45, 2.75) is 45.6 Å². The molecule has 3 rings (SSSR count). The first-order valence-corrected chi connectivity index (χ1v) is 8.18. The summed E-state index contributed by atoms with van der Waals surface area (Å²) in [5.74, 6) is 2.44. The number of nitrogens with one attached hydrogen (secondary N) is 1. The fourth-order valence-corrected chi connectivity index (χ4v) is 3.99. The van der Waals surface area contributed by atoms with Crippen molar-refractivity contribution in [2.24, 2.45) is 11.3 Å². The Balaban J connectivity index is 1.89. The molecule has 1 fully saturated rings. The second kappa shape index (κ2) is 5.88. The maximum Gasteiger partial charge on any atom is 0.161 e. The fraction of sp³-hybridized carbons (Fsp3) is 0.667. The molecule has 1 aliphatic heterocycles. The molecule has 1 aromatic carbocycles. The van der Waals surface area contributed by atoms with Crippen LogP contribution in [0.25, 0.3) is 0 Å². The monoisotopic (exact) mass is 289 g/mol. The molecule has 2 aliphatic rings. The lowest BCUT2D eigenvalue weighted by molar-refractivity contribution is 0.101. The van der Waals surface area contributed by atoms with Gasteiger partial charge >= 0.3 is 0 Å².